The van der Waals surface area contributed by atoms with Gasteiger partial charge in [0.05, 0.1) is 16.1 Å². The Kier molecular flexibility index (Phi) is 5.93. The number of carboxylic acids is 2. The Morgan fingerprint density at radius 1 is 1.00 bits per heavy atom. The fraction of sp³-hybridized carbons (Fsp3) is 0.273. The highest BCUT2D eigenvalue weighted by atomic mass is 32.2. The van der Waals surface area contributed by atoms with Gasteiger partial charge in [-0.15, -0.1) is 23.5 Å². The number of rotatable bonds is 7. The molecule has 0 spiro atoms. The zero-order valence-corrected chi connectivity index (χ0v) is 10.5. The largest absolute Gasteiger partial charge is 0.481 e. The molecule has 92 valence electrons. The minimum Gasteiger partial charge on any atom is -0.481 e. The van der Waals surface area contributed by atoms with E-state index in [1.807, 2.05) is 30.3 Å². The standard InChI is InChI=1S/C11H12O4S2/c12-9(13)6-16-11(17-7-10(14)15)8-4-2-1-3-5-8/h1-5,11H,6-7H2,(H,12,13)(H,14,15). The van der Waals surface area contributed by atoms with Gasteiger partial charge < -0.3 is 10.2 Å². The van der Waals surface area contributed by atoms with Crippen molar-refractivity contribution in [2.75, 3.05) is 11.5 Å². The molecule has 6 heteroatoms. The summed E-state index contributed by atoms with van der Waals surface area (Å²) in [5, 5.41) is 17.3. The number of hydrogen-bond donors (Lipinski definition) is 2. The highest BCUT2D eigenvalue weighted by Crippen LogP contribution is 2.38. The van der Waals surface area contributed by atoms with Gasteiger partial charge in [0, 0.05) is 0 Å². The zero-order valence-electron chi connectivity index (χ0n) is 8.91. The van der Waals surface area contributed by atoms with Crippen LogP contribution in [0.4, 0.5) is 0 Å². The highest BCUT2D eigenvalue weighted by molar-refractivity contribution is 8.16. The molecule has 17 heavy (non-hydrogen) atoms. The number of carboxylic acid groups (broad SMARTS) is 2. The fourth-order valence-electron chi connectivity index (χ4n) is 1.14. The molecule has 0 bridgehead atoms. The summed E-state index contributed by atoms with van der Waals surface area (Å²) in [6.07, 6.45) is 0. The lowest BCUT2D eigenvalue weighted by Gasteiger charge is -2.14. The molecule has 0 aliphatic carbocycles. The maximum absolute atomic E-state index is 10.5. The smallest absolute Gasteiger partial charge is 0.313 e. The molecule has 2 N–H and O–H groups in total. The number of benzene rings is 1. The van der Waals surface area contributed by atoms with E-state index in [9.17, 15) is 9.59 Å². The molecule has 0 radical (unpaired) electrons. The quantitative estimate of drug-likeness (QED) is 0.742. The summed E-state index contributed by atoms with van der Waals surface area (Å²) < 4.78 is -0.164. The average molecular weight is 272 g/mol. The third kappa shape index (κ3) is 5.65. The van der Waals surface area contributed by atoms with Gasteiger partial charge in [-0.05, 0) is 5.56 Å². The molecule has 0 aliphatic heterocycles. The summed E-state index contributed by atoms with van der Waals surface area (Å²) >= 11 is 2.45. The highest BCUT2D eigenvalue weighted by Gasteiger charge is 2.15. The van der Waals surface area contributed by atoms with Crippen LogP contribution < -0.4 is 0 Å². The van der Waals surface area contributed by atoms with Crippen molar-refractivity contribution in [3.05, 3.63) is 35.9 Å². The number of thioether (sulfide) groups is 2. The summed E-state index contributed by atoms with van der Waals surface area (Å²) in [4.78, 5) is 21.1. The predicted octanol–water partition coefficient (Wildman–Crippen LogP) is 2.32. The van der Waals surface area contributed by atoms with Gasteiger partial charge in [-0.25, -0.2) is 0 Å². The summed E-state index contributed by atoms with van der Waals surface area (Å²) in [5.74, 6) is -1.86. The number of carbonyl (C=O) groups is 2. The third-order valence-electron chi connectivity index (χ3n) is 1.79. The summed E-state index contributed by atoms with van der Waals surface area (Å²) in [6, 6.07) is 9.31. The molecule has 0 heterocycles. The molecule has 0 saturated heterocycles. The van der Waals surface area contributed by atoms with Crippen LogP contribution in [-0.4, -0.2) is 33.7 Å². The molecular weight excluding hydrogens is 260 g/mol. The summed E-state index contributed by atoms with van der Waals surface area (Å²) in [7, 11) is 0. The van der Waals surface area contributed by atoms with Crippen LogP contribution in [0.2, 0.25) is 0 Å². The Hall–Kier alpha value is -1.14. The maximum atomic E-state index is 10.5. The van der Waals surface area contributed by atoms with E-state index in [4.69, 9.17) is 10.2 Å². The van der Waals surface area contributed by atoms with Gasteiger partial charge in [-0.3, -0.25) is 9.59 Å². The van der Waals surface area contributed by atoms with Crippen molar-refractivity contribution in [3.63, 3.8) is 0 Å². The molecule has 0 aliphatic rings. The van der Waals surface area contributed by atoms with E-state index in [1.165, 1.54) is 23.5 Å². The maximum Gasteiger partial charge on any atom is 0.313 e. The van der Waals surface area contributed by atoms with Crippen LogP contribution in [0.5, 0.6) is 0 Å². The minimum atomic E-state index is -0.896. The van der Waals surface area contributed by atoms with E-state index >= 15 is 0 Å². The van der Waals surface area contributed by atoms with Crippen molar-refractivity contribution < 1.29 is 19.8 Å². The monoisotopic (exact) mass is 272 g/mol. The van der Waals surface area contributed by atoms with Crippen LogP contribution in [0.1, 0.15) is 10.1 Å². The fourth-order valence-corrected chi connectivity index (χ4v) is 3.22. The summed E-state index contributed by atoms with van der Waals surface area (Å²) in [6.45, 7) is 0. The van der Waals surface area contributed by atoms with Gasteiger partial charge in [0.1, 0.15) is 0 Å². The predicted molar refractivity (Wildman–Crippen MR) is 69.4 cm³/mol. The Balaban J connectivity index is 2.64. The number of aliphatic carboxylic acids is 2. The second kappa shape index (κ2) is 7.24. The Morgan fingerprint density at radius 2 is 1.47 bits per heavy atom. The molecule has 4 nitrogen and oxygen atoms in total. The van der Waals surface area contributed by atoms with Crippen LogP contribution in [0, 0.1) is 0 Å². The van der Waals surface area contributed by atoms with Crippen molar-refractivity contribution in [1.82, 2.24) is 0 Å². The van der Waals surface area contributed by atoms with E-state index in [2.05, 4.69) is 0 Å². The molecule has 0 saturated carbocycles. The second-order valence-corrected chi connectivity index (χ2v) is 5.64. The Bertz CT molecular complexity index is 362. The first-order valence-corrected chi connectivity index (χ1v) is 6.91. The number of hydrogen-bond acceptors (Lipinski definition) is 4. The molecule has 0 amide bonds. The van der Waals surface area contributed by atoms with Gasteiger partial charge in [0.25, 0.3) is 0 Å². The third-order valence-corrected chi connectivity index (χ3v) is 4.58. The first-order chi connectivity index (χ1) is 8.09. The van der Waals surface area contributed by atoms with Gasteiger partial charge in [0.15, 0.2) is 0 Å². The normalized spacial score (nSPS) is 10.4. The SMILES string of the molecule is O=C(O)CSC(SCC(=O)O)c1ccccc1. The van der Waals surface area contributed by atoms with Crippen molar-refractivity contribution in [1.29, 1.82) is 0 Å². The van der Waals surface area contributed by atoms with Crippen molar-refractivity contribution in [2.24, 2.45) is 0 Å². The van der Waals surface area contributed by atoms with E-state index in [-0.39, 0.29) is 16.1 Å². The van der Waals surface area contributed by atoms with Crippen LogP contribution in [0.15, 0.2) is 30.3 Å². The van der Waals surface area contributed by atoms with E-state index < -0.39 is 11.9 Å². The van der Waals surface area contributed by atoms with Crippen molar-refractivity contribution in [3.8, 4) is 0 Å². The second-order valence-electron chi connectivity index (χ2n) is 3.15. The van der Waals surface area contributed by atoms with Crippen LogP contribution in [0.25, 0.3) is 0 Å². The van der Waals surface area contributed by atoms with E-state index in [0.29, 0.717) is 0 Å². The Morgan fingerprint density at radius 3 is 1.88 bits per heavy atom. The van der Waals surface area contributed by atoms with E-state index in [1.54, 1.807) is 0 Å². The topological polar surface area (TPSA) is 74.6 Å². The molecule has 1 aromatic carbocycles. The lowest BCUT2D eigenvalue weighted by atomic mass is 10.2. The zero-order chi connectivity index (χ0) is 12.7. The molecule has 0 atom stereocenters. The van der Waals surface area contributed by atoms with Gasteiger partial charge >= 0.3 is 11.9 Å². The van der Waals surface area contributed by atoms with Crippen LogP contribution in [0.3, 0.4) is 0 Å². The van der Waals surface area contributed by atoms with Gasteiger partial charge in [-0.1, -0.05) is 30.3 Å². The van der Waals surface area contributed by atoms with Crippen molar-refractivity contribution in [2.45, 2.75) is 4.58 Å². The average Bonchev–Trinajstić information content (AvgIpc) is 2.29. The van der Waals surface area contributed by atoms with Crippen LogP contribution in [-0.2, 0) is 9.59 Å². The first-order valence-electron chi connectivity index (χ1n) is 4.81. The van der Waals surface area contributed by atoms with Crippen molar-refractivity contribution >= 4 is 35.5 Å². The molecular formula is C11H12O4S2. The van der Waals surface area contributed by atoms with Crippen LogP contribution >= 0.6 is 23.5 Å². The van der Waals surface area contributed by atoms with E-state index in [0.717, 1.165) is 5.56 Å². The lowest BCUT2D eigenvalue weighted by Crippen LogP contribution is -2.04. The lowest BCUT2D eigenvalue weighted by molar-refractivity contribution is -0.134. The molecule has 1 rings (SSSR count). The molecule has 1 aromatic rings. The van der Waals surface area contributed by atoms with Gasteiger partial charge in [0.2, 0.25) is 0 Å². The first kappa shape index (κ1) is 13.9. The molecule has 0 fully saturated rings. The molecule has 0 unspecified atom stereocenters. The minimum absolute atomic E-state index is 0.0355. The van der Waals surface area contributed by atoms with Gasteiger partial charge in [-0.2, -0.15) is 0 Å². The molecule has 0 aromatic heterocycles. The Labute approximate surface area is 107 Å². The summed E-state index contributed by atoms with van der Waals surface area (Å²) in [5.41, 5.74) is 0.935.